The Morgan fingerprint density at radius 2 is 2.00 bits per heavy atom. The van der Waals surface area contributed by atoms with Crippen molar-refractivity contribution >= 4 is 44.6 Å². The van der Waals surface area contributed by atoms with Gasteiger partial charge in [-0.3, -0.25) is 0 Å². The number of nitrogens with one attached hydrogen (secondary N) is 1. The molecule has 0 aliphatic heterocycles. The molecule has 0 saturated carbocycles. The average Bonchev–Trinajstić information content (AvgIpc) is 2.36. The topological polar surface area (TPSA) is 61.8 Å². The monoisotopic (exact) mass is 321 g/mol. The van der Waals surface area contributed by atoms with E-state index in [-0.39, 0.29) is 0 Å². The van der Waals surface area contributed by atoms with Gasteiger partial charge >= 0.3 is 0 Å². The number of halogens is 2. The maximum atomic E-state index is 8.92. The van der Waals surface area contributed by atoms with Gasteiger partial charge in [-0.05, 0) is 52.3 Å². The zero-order valence-corrected chi connectivity index (χ0v) is 11.6. The Hall–Kier alpha value is -1.70. The smallest absolute Gasteiger partial charge is 0.101 e. The number of nitrogens with two attached hydrogens (primary N) is 1. The number of hydrogen-bond donors (Lipinski definition) is 2. The minimum atomic E-state index is 0.443. The highest BCUT2D eigenvalue weighted by molar-refractivity contribution is 9.10. The quantitative estimate of drug-likeness (QED) is 0.810. The molecule has 0 amide bonds. The van der Waals surface area contributed by atoms with Gasteiger partial charge in [0.05, 0.1) is 11.3 Å². The van der Waals surface area contributed by atoms with Gasteiger partial charge in [-0.25, -0.2) is 0 Å². The molecule has 0 aliphatic rings. The van der Waals surface area contributed by atoms with E-state index in [9.17, 15) is 0 Å². The van der Waals surface area contributed by atoms with Gasteiger partial charge in [-0.2, -0.15) is 5.26 Å². The maximum Gasteiger partial charge on any atom is 0.101 e. The molecule has 0 heterocycles. The van der Waals surface area contributed by atoms with Gasteiger partial charge < -0.3 is 11.1 Å². The van der Waals surface area contributed by atoms with Crippen molar-refractivity contribution in [1.82, 2.24) is 0 Å². The van der Waals surface area contributed by atoms with Crippen molar-refractivity contribution in [2.45, 2.75) is 0 Å². The number of nitriles is 1. The average molecular weight is 323 g/mol. The Kier molecular flexibility index (Phi) is 3.75. The molecule has 0 saturated heterocycles. The number of hydrogen-bond acceptors (Lipinski definition) is 3. The summed E-state index contributed by atoms with van der Waals surface area (Å²) in [5.74, 6) is 0. The fraction of sp³-hybridized carbons (Fsp3) is 0. The highest BCUT2D eigenvalue weighted by Gasteiger charge is 2.04. The van der Waals surface area contributed by atoms with Crippen LogP contribution in [0, 0.1) is 11.3 Å². The van der Waals surface area contributed by atoms with E-state index in [0.717, 1.165) is 15.8 Å². The minimum Gasteiger partial charge on any atom is -0.398 e. The third kappa shape index (κ3) is 2.76. The third-order valence-electron chi connectivity index (χ3n) is 2.38. The lowest BCUT2D eigenvalue weighted by Crippen LogP contribution is -1.95. The molecule has 2 aromatic rings. The Morgan fingerprint density at radius 3 is 2.72 bits per heavy atom. The summed E-state index contributed by atoms with van der Waals surface area (Å²) in [6.07, 6.45) is 0. The van der Waals surface area contributed by atoms with Gasteiger partial charge in [0.25, 0.3) is 0 Å². The second kappa shape index (κ2) is 5.30. The summed E-state index contributed by atoms with van der Waals surface area (Å²) in [7, 11) is 0. The van der Waals surface area contributed by atoms with E-state index in [2.05, 4.69) is 21.2 Å². The molecule has 0 fully saturated rings. The molecular formula is C13H9BrClN3. The summed E-state index contributed by atoms with van der Waals surface area (Å²) in [6, 6.07) is 12.7. The zero-order chi connectivity index (χ0) is 13.1. The van der Waals surface area contributed by atoms with Gasteiger partial charge in [-0.15, -0.1) is 0 Å². The predicted molar refractivity (Wildman–Crippen MR) is 78.0 cm³/mol. The van der Waals surface area contributed by atoms with E-state index in [4.69, 9.17) is 22.6 Å². The predicted octanol–water partition coefficient (Wildman–Crippen LogP) is 4.30. The lowest BCUT2D eigenvalue weighted by molar-refractivity contribution is 1.47. The van der Waals surface area contributed by atoms with Gasteiger partial charge in [0.1, 0.15) is 6.07 Å². The maximum absolute atomic E-state index is 8.92. The lowest BCUT2D eigenvalue weighted by Gasteiger charge is -2.10. The summed E-state index contributed by atoms with van der Waals surface area (Å²) >= 11 is 9.36. The highest BCUT2D eigenvalue weighted by atomic mass is 79.9. The first-order valence-corrected chi connectivity index (χ1v) is 6.29. The number of anilines is 3. The Labute approximate surface area is 118 Å². The standard InChI is InChI=1S/C13H9BrClN3/c14-11-3-1-9(15)6-13(11)18-10-2-4-12(17)8(5-10)7-16/h1-6,18H,17H2. The van der Waals surface area contributed by atoms with E-state index >= 15 is 0 Å². The summed E-state index contributed by atoms with van der Waals surface area (Å²) in [6.45, 7) is 0. The van der Waals surface area contributed by atoms with Crippen molar-refractivity contribution in [3.05, 3.63) is 51.5 Å². The minimum absolute atomic E-state index is 0.443. The fourth-order valence-corrected chi connectivity index (χ4v) is 2.00. The van der Waals surface area contributed by atoms with Crippen LogP contribution in [-0.2, 0) is 0 Å². The molecule has 0 unspecified atom stereocenters. The van der Waals surface area contributed by atoms with Crippen molar-refractivity contribution in [2.75, 3.05) is 11.1 Å². The molecule has 0 atom stereocenters. The summed E-state index contributed by atoms with van der Waals surface area (Å²) in [5, 5.41) is 12.7. The lowest BCUT2D eigenvalue weighted by atomic mass is 10.1. The molecule has 0 spiro atoms. The van der Waals surface area contributed by atoms with E-state index < -0.39 is 0 Å². The normalized spacial score (nSPS) is 9.83. The van der Waals surface area contributed by atoms with Crippen molar-refractivity contribution in [3.63, 3.8) is 0 Å². The first kappa shape index (κ1) is 12.7. The second-order valence-corrected chi connectivity index (χ2v) is 4.95. The van der Waals surface area contributed by atoms with Crippen molar-refractivity contribution in [3.8, 4) is 6.07 Å². The zero-order valence-electron chi connectivity index (χ0n) is 9.24. The van der Waals surface area contributed by atoms with Crippen LogP contribution in [0.25, 0.3) is 0 Å². The molecule has 0 aromatic heterocycles. The molecule has 0 radical (unpaired) electrons. The molecule has 18 heavy (non-hydrogen) atoms. The van der Waals surface area contributed by atoms with Crippen LogP contribution in [0.4, 0.5) is 17.1 Å². The van der Waals surface area contributed by atoms with Crippen molar-refractivity contribution in [2.24, 2.45) is 0 Å². The van der Waals surface area contributed by atoms with E-state index in [0.29, 0.717) is 16.3 Å². The molecule has 0 bridgehead atoms. The van der Waals surface area contributed by atoms with Gasteiger partial charge in [0.15, 0.2) is 0 Å². The molecule has 5 heteroatoms. The van der Waals surface area contributed by atoms with Gasteiger partial charge in [0.2, 0.25) is 0 Å². The Balaban J connectivity index is 2.34. The van der Waals surface area contributed by atoms with Gasteiger partial charge in [0, 0.05) is 20.9 Å². The molecule has 3 N–H and O–H groups in total. The second-order valence-electron chi connectivity index (χ2n) is 3.66. The van der Waals surface area contributed by atoms with E-state index in [1.54, 1.807) is 24.3 Å². The van der Waals surface area contributed by atoms with Gasteiger partial charge in [-0.1, -0.05) is 11.6 Å². The number of nitrogen functional groups attached to an aromatic ring is 1. The molecule has 2 aromatic carbocycles. The van der Waals surface area contributed by atoms with Crippen LogP contribution in [0.2, 0.25) is 5.02 Å². The van der Waals surface area contributed by atoms with Crippen LogP contribution < -0.4 is 11.1 Å². The van der Waals surface area contributed by atoms with Crippen LogP contribution in [0.15, 0.2) is 40.9 Å². The highest BCUT2D eigenvalue weighted by Crippen LogP contribution is 2.29. The van der Waals surface area contributed by atoms with E-state index in [1.165, 1.54) is 0 Å². The largest absolute Gasteiger partial charge is 0.398 e. The summed E-state index contributed by atoms with van der Waals surface area (Å²) in [4.78, 5) is 0. The molecular weight excluding hydrogens is 314 g/mol. The number of nitrogens with zero attached hydrogens (tertiary/aromatic N) is 1. The fourth-order valence-electron chi connectivity index (χ4n) is 1.48. The van der Waals surface area contributed by atoms with Crippen molar-refractivity contribution < 1.29 is 0 Å². The van der Waals surface area contributed by atoms with Crippen molar-refractivity contribution in [1.29, 1.82) is 5.26 Å². The third-order valence-corrected chi connectivity index (χ3v) is 3.31. The summed E-state index contributed by atoms with van der Waals surface area (Å²) in [5.41, 5.74) is 8.19. The molecule has 0 aliphatic carbocycles. The van der Waals surface area contributed by atoms with E-state index in [1.807, 2.05) is 18.2 Å². The Bertz CT molecular complexity index is 635. The Morgan fingerprint density at radius 1 is 1.22 bits per heavy atom. The SMILES string of the molecule is N#Cc1cc(Nc2cc(Cl)ccc2Br)ccc1N. The number of benzene rings is 2. The number of rotatable bonds is 2. The first-order chi connectivity index (χ1) is 8.60. The molecule has 90 valence electrons. The van der Waals surface area contributed by atoms with Crippen LogP contribution in [0.3, 0.4) is 0 Å². The van der Waals surface area contributed by atoms with Crippen LogP contribution in [-0.4, -0.2) is 0 Å². The summed E-state index contributed by atoms with van der Waals surface area (Å²) < 4.78 is 0.891. The molecule has 3 nitrogen and oxygen atoms in total. The molecule has 2 rings (SSSR count). The van der Waals surface area contributed by atoms with Crippen LogP contribution in [0.1, 0.15) is 5.56 Å². The van der Waals surface area contributed by atoms with Crippen LogP contribution >= 0.6 is 27.5 Å². The first-order valence-electron chi connectivity index (χ1n) is 5.12. The van der Waals surface area contributed by atoms with Crippen LogP contribution in [0.5, 0.6) is 0 Å².